The second-order valence-electron chi connectivity index (χ2n) is 7.97. The molecule has 4 aromatic rings. The summed E-state index contributed by atoms with van der Waals surface area (Å²) in [5.74, 6) is -1.17. The fourth-order valence-corrected chi connectivity index (χ4v) is 3.29. The van der Waals surface area contributed by atoms with E-state index in [2.05, 4.69) is 15.2 Å². The van der Waals surface area contributed by atoms with E-state index in [0.29, 0.717) is 23.5 Å². The molecule has 0 bridgehead atoms. The van der Waals surface area contributed by atoms with Crippen molar-refractivity contribution in [3.8, 4) is 17.1 Å². The van der Waals surface area contributed by atoms with Gasteiger partial charge in [0.2, 0.25) is 0 Å². The highest BCUT2D eigenvalue weighted by atomic mass is 19.2. The molecule has 2 heterocycles. The van der Waals surface area contributed by atoms with Gasteiger partial charge in [0.25, 0.3) is 5.56 Å². The molecule has 4 rings (SSSR count). The summed E-state index contributed by atoms with van der Waals surface area (Å²) >= 11 is 0. The molecule has 0 atom stereocenters. The molecule has 0 unspecified atom stereocenters. The van der Waals surface area contributed by atoms with Crippen LogP contribution in [0.2, 0.25) is 0 Å². The lowest BCUT2D eigenvalue weighted by atomic mass is 10.2. The number of aromatic nitrogens is 5. The van der Waals surface area contributed by atoms with Crippen LogP contribution in [-0.4, -0.2) is 56.5 Å². The molecule has 0 saturated carbocycles. The van der Waals surface area contributed by atoms with Crippen LogP contribution in [-0.2, 0) is 13.6 Å². The third-order valence-electron chi connectivity index (χ3n) is 5.19. The first kappa shape index (κ1) is 23.2. The molecular weight excluding hydrogens is 446 g/mol. The molecule has 0 aliphatic heterocycles. The zero-order valence-electron chi connectivity index (χ0n) is 18.8. The topological polar surface area (TPSA) is 95.1 Å². The Morgan fingerprint density at radius 1 is 1.00 bits per heavy atom. The van der Waals surface area contributed by atoms with Gasteiger partial charge in [-0.05, 0) is 56.1 Å². The summed E-state index contributed by atoms with van der Waals surface area (Å²) < 4.78 is 34.6. The van der Waals surface area contributed by atoms with E-state index in [1.165, 1.54) is 13.1 Å². The smallest absolute Gasteiger partial charge is 0.332 e. The molecule has 0 N–H and O–H groups in total. The lowest BCUT2D eigenvalue weighted by Crippen LogP contribution is -2.39. The third kappa shape index (κ3) is 4.69. The SMILES string of the molecule is CN(C)CCOc1ccc(-c2nnc3c(n2)c(=O)n(C)c(=O)n3Cc2ccc(F)c(F)c2)cc1. The molecule has 0 aliphatic carbocycles. The van der Waals surface area contributed by atoms with Crippen molar-refractivity contribution in [2.45, 2.75) is 6.54 Å². The molecule has 176 valence electrons. The average molecular weight is 468 g/mol. The summed E-state index contributed by atoms with van der Waals surface area (Å²) in [4.78, 5) is 31.8. The van der Waals surface area contributed by atoms with E-state index in [-0.39, 0.29) is 23.5 Å². The highest BCUT2D eigenvalue weighted by Crippen LogP contribution is 2.20. The molecule has 11 heteroatoms. The van der Waals surface area contributed by atoms with Crippen molar-refractivity contribution < 1.29 is 13.5 Å². The van der Waals surface area contributed by atoms with Gasteiger partial charge in [-0.15, -0.1) is 10.2 Å². The number of ether oxygens (including phenoxy) is 1. The number of nitrogens with zero attached hydrogens (tertiary/aromatic N) is 6. The fourth-order valence-electron chi connectivity index (χ4n) is 3.29. The minimum absolute atomic E-state index is 0.0507. The highest BCUT2D eigenvalue weighted by Gasteiger charge is 2.17. The third-order valence-corrected chi connectivity index (χ3v) is 5.19. The Bertz CT molecular complexity index is 1470. The number of hydrogen-bond acceptors (Lipinski definition) is 7. The Kier molecular flexibility index (Phi) is 6.46. The van der Waals surface area contributed by atoms with Gasteiger partial charge in [0, 0.05) is 19.2 Å². The van der Waals surface area contributed by atoms with Gasteiger partial charge in [-0.2, -0.15) is 0 Å². The van der Waals surface area contributed by atoms with Crippen LogP contribution in [0.25, 0.3) is 22.6 Å². The van der Waals surface area contributed by atoms with Crippen LogP contribution in [0.1, 0.15) is 5.56 Å². The molecule has 0 amide bonds. The first-order chi connectivity index (χ1) is 16.2. The molecule has 0 saturated heterocycles. The van der Waals surface area contributed by atoms with Gasteiger partial charge in [0.05, 0.1) is 6.54 Å². The Labute approximate surface area is 192 Å². The number of halogens is 2. The second-order valence-corrected chi connectivity index (χ2v) is 7.97. The monoisotopic (exact) mass is 468 g/mol. The lowest BCUT2D eigenvalue weighted by molar-refractivity contribution is 0.261. The molecule has 2 aromatic carbocycles. The van der Waals surface area contributed by atoms with E-state index < -0.39 is 22.9 Å². The average Bonchev–Trinajstić information content (AvgIpc) is 2.82. The maximum absolute atomic E-state index is 13.6. The summed E-state index contributed by atoms with van der Waals surface area (Å²) in [7, 11) is 5.23. The van der Waals surface area contributed by atoms with Gasteiger partial charge in [0.1, 0.15) is 12.4 Å². The molecule has 2 aromatic heterocycles. The van der Waals surface area contributed by atoms with Gasteiger partial charge >= 0.3 is 5.69 Å². The summed E-state index contributed by atoms with van der Waals surface area (Å²) in [6.07, 6.45) is 0. The maximum atomic E-state index is 13.6. The van der Waals surface area contributed by atoms with Crippen molar-refractivity contribution in [2.75, 3.05) is 27.2 Å². The van der Waals surface area contributed by atoms with Crippen LogP contribution in [0.3, 0.4) is 0 Å². The Hall–Kier alpha value is -3.99. The predicted molar refractivity (Wildman–Crippen MR) is 122 cm³/mol. The largest absolute Gasteiger partial charge is 0.492 e. The number of fused-ring (bicyclic) bond motifs is 1. The van der Waals surface area contributed by atoms with Crippen molar-refractivity contribution in [3.63, 3.8) is 0 Å². The Morgan fingerprint density at radius 3 is 2.41 bits per heavy atom. The summed E-state index contributed by atoms with van der Waals surface area (Å²) in [6.45, 7) is 1.16. The normalized spacial score (nSPS) is 11.4. The number of benzene rings is 2. The minimum atomic E-state index is -1.04. The van der Waals surface area contributed by atoms with Crippen molar-refractivity contribution >= 4 is 11.2 Å². The van der Waals surface area contributed by atoms with Gasteiger partial charge in [-0.25, -0.2) is 18.6 Å². The van der Waals surface area contributed by atoms with Crippen LogP contribution in [0.5, 0.6) is 5.75 Å². The van der Waals surface area contributed by atoms with Crippen molar-refractivity contribution in [2.24, 2.45) is 7.05 Å². The van der Waals surface area contributed by atoms with E-state index in [1.54, 1.807) is 24.3 Å². The maximum Gasteiger partial charge on any atom is 0.332 e. The molecular formula is C23H22F2N6O3. The Balaban J connectivity index is 1.70. The fraction of sp³-hybridized carbons (Fsp3) is 0.261. The molecule has 0 spiro atoms. The first-order valence-electron chi connectivity index (χ1n) is 10.4. The van der Waals surface area contributed by atoms with E-state index in [9.17, 15) is 18.4 Å². The molecule has 0 fully saturated rings. The van der Waals surface area contributed by atoms with Crippen LogP contribution in [0, 0.1) is 11.6 Å². The van der Waals surface area contributed by atoms with E-state index in [0.717, 1.165) is 27.8 Å². The van der Waals surface area contributed by atoms with Crippen LogP contribution >= 0.6 is 0 Å². The van der Waals surface area contributed by atoms with E-state index in [4.69, 9.17) is 4.74 Å². The number of likely N-dealkylation sites (N-methyl/N-ethyl adjacent to an activating group) is 1. The molecule has 0 radical (unpaired) electrons. The van der Waals surface area contributed by atoms with Crippen molar-refractivity contribution in [1.29, 1.82) is 0 Å². The van der Waals surface area contributed by atoms with Gasteiger partial charge in [0.15, 0.2) is 28.6 Å². The number of rotatable bonds is 7. The summed E-state index contributed by atoms with van der Waals surface area (Å²) in [5.41, 5.74) is -0.510. The van der Waals surface area contributed by atoms with Crippen LogP contribution < -0.4 is 16.0 Å². The van der Waals surface area contributed by atoms with Gasteiger partial charge in [-0.3, -0.25) is 13.9 Å². The van der Waals surface area contributed by atoms with Crippen LogP contribution in [0.15, 0.2) is 52.1 Å². The highest BCUT2D eigenvalue weighted by molar-refractivity contribution is 5.71. The van der Waals surface area contributed by atoms with Gasteiger partial charge < -0.3 is 9.64 Å². The quantitative estimate of drug-likeness (QED) is 0.408. The van der Waals surface area contributed by atoms with Gasteiger partial charge in [-0.1, -0.05) is 6.07 Å². The minimum Gasteiger partial charge on any atom is -0.492 e. The first-order valence-corrected chi connectivity index (χ1v) is 10.4. The predicted octanol–water partition coefficient (Wildman–Crippen LogP) is 1.82. The van der Waals surface area contributed by atoms with Crippen LogP contribution in [0.4, 0.5) is 8.78 Å². The Morgan fingerprint density at radius 2 is 1.74 bits per heavy atom. The summed E-state index contributed by atoms with van der Waals surface area (Å²) in [6, 6.07) is 10.3. The summed E-state index contributed by atoms with van der Waals surface area (Å²) in [5, 5.41) is 8.17. The molecule has 0 aliphatic rings. The second kappa shape index (κ2) is 9.48. The lowest BCUT2D eigenvalue weighted by Gasteiger charge is -2.12. The molecule has 34 heavy (non-hydrogen) atoms. The molecule has 9 nitrogen and oxygen atoms in total. The zero-order chi connectivity index (χ0) is 24.4. The number of hydrogen-bond donors (Lipinski definition) is 0. The van der Waals surface area contributed by atoms with Crippen molar-refractivity contribution in [1.82, 2.24) is 29.2 Å². The van der Waals surface area contributed by atoms with E-state index in [1.807, 2.05) is 19.0 Å². The van der Waals surface area contributed by atoms with Crippen molar-refractivity contribution in [3.05, 3.63) is 80.5 Å². The standard InChI is InChI=1S/C23H22F2N6O3/c1-29(2)10-11-34-16-7-5-15(6-8-16)20-26-19-21(28-27-20)31(23(33)30(3)22(19)32)13-14-4-9-17(24)18(25)12-14/h4-9,12H,10-11,13H2,1-3H3. The zero-order valence-corrected chi connectivity index (χ0v) is 18.8. The van der Waals surface area contributed by atoms with E-state index >= 15 is 0 Å².